The summed E-state index contributed by atoms with van der Waals surface area (Å²) in [5.41, 5.74) is 2.33. The van der Waals surface area contributed by atoms with E-state index in [9.17, 15) is 14.0 Å². The van der Waals surface area contributed by atoms with Gasteiger partial charge >= 0.3 is 0 Å². The zero-order valence-electron chi connectivity index (χ0n) is 16.0. The zero-order chi connectivity index (χ0) is 20.2. The fourth-order valence-corrected chi connectivity index (χ4v) is 3.51. The quantitative estimate of drug-likeness (QED) is 0.805. The predicted molar refractivity (Wildman–Crippen MR) is 107 cm³/mol. The van der Waals surface area contributed by atoms with E-state index in [0.29, 0.717) is 23.7 Å². The van der Waals surface area contributed by atoms with Crippen LogP contribution in [0.25, 0.3) is 0 Å². The Balaban J connectivity index is 1.24. The number of piperazine rings is 1. The molecule has 2 amide bonds. The van der Waals surface area contributed by atoms with Gasteiger partial charge in [-0.3, -0.25) is 19.4 Å². The minimum atomic E-state index is -0.222. The smallest absolute Gasteiger partial charge is 0.262 e. The van der Waals surface area contributed by atoms with Gasteiger partial charge in [-0.05, 0) is 29.8 Å². The summed E-state index contributed by atoms with van der Waals surface area (Å²) in [6, 6.07) is 11.8. The number of carbonyl (C=O) groups excluding carboxylic acids is 2. The van der Waals surface area contributed by atoms with Gasteiger partial charge in [0.25, 0.3) is 5.91 Å². The molecule has 2 N–H and O–H groups in total. The van der Waals surface area contributed by atoms with Crippen molar-refractivity contribution in [3.63, 3.8) is 0 Å². The summed E-state index contributed by atoms with van der Waals surface area (Å²) >= 11 is 0. The molecule has 8 heteroatoms. The highest BCUT2D eigenvalue weighted by Crippen LogP contribution is 2.30. The molecule has 2 heterocycles. The topological polar surface area (TPSA) is 73.9 Å². The lowest BCUT2D eigenvalue weighted by Gasteiger charge is -2.34. The number of nitrogens with zero attached hydrogens (tertiary/aromatic N) is 2. The summed E-state index contributed by atoms with van der Waals surface area (Å²) in [6.45, 7) is 4.40. The lowest BCUT2D eigenvalue weighted by Crippen LogP contribution is -2.48. The lowest BCUT2D eigenvalue weighted by atomic mass is 10.2. The standard InChI is InChI=1S/C21H23FN4O3/c22-16-3-1-15(2-4-16)12-25-7-9-26(10-8-25)13-20(27)23-17-5-6-18-19(11-17)29-14-21(28)24-18/h1-6,11H,7-10,12-14H2,(H,23,27)(H,24,28). The molecule has 1 fully saturated rings. The van der Waals surface area contributed by atoms with Crippen LogP contribution in [0.4, 0.5) is 15.8 Å². The van der Waals surface area contributed by atoms with Crippen molar-refractivity contribution in [2.75, 3.05) is 50.0 Å². The number of hydrogen-bond donors (Lipinski definition) is 2. The maximum atomic E-state index is 13.0. The van der Waals surface area contributed by atoms with Gasteiger partial charge in [-0.15, -0.1) is 0 Å². The first-order chi connectivity index (χ1) is 14.0. The Kier molecular flexibility index (Phi) is 5.73. The fourth-order valence-electron chi connectivity index (χ4n) is 3.51. The number of ether oxygens (including phenoxy) is 1. The Labute approximate surface area is 168 Å². The molecule has 2 aromatic rings. The van der Waals surface area contributed by atoms with E-state index in [1.165, 1.54) is 12.1 Å². The van der Waals surface area contributed by atoms with E-state index < -0.39 is 0 Å². The minimum Gasteiger partial charge on any atom is -0.482 e. The van der Waals surface area contributed by atoms with E-state index in [0.717, 1.165) is 38.3 Å². The van der Waals surface area contributed by atoms with Gasteiger partial charge in [0.15, 0.2) is 6.61 Å². The third kappa shape index (κ3) is 5.10. The van der Waals surface area contributed by atoms with Gasteiger partial charge in [-0.25, -0.2) is 4.39 Å². The van der Waals surface area contributed by atoms with Crippen LogP contribution in [0.1, 0.15) is 5.56 Å². The van der Waals surface area contributed by atoms with Crippen LogP contribution in [0.2, 0.25) is 0 Å². The Morgan fingerprint density at radius 2 is 1.79 bits per heavy atom. The maximum absolute atomic E-state index is 13.0. The van der Waals surface area contributed by atoms with Crippen LogP contribution in [0, 0.1) is 5.82 Å². The molecule has 0 aromatic heterocycles. The van der Waals surface area contributed by atoms with E-state index >= 15 is 0 Å². The molecule has 0 spiro atoms. The van der Waals surface area contributed by atoms with Crippen molar-refractivity contribution in [3.8, 4) is 5.75 Å². The van der Waals surface area contributed by atoms with Crippen LogP contribution >= 0.6 is 0 Å². The molecule has 0 aliphatic carbocycles. The molecule has 2 aromatic carbocycles. The first-order valence-electron chi connectivity index (χ1n) is 9.61. The van der Waals surface area contributed by atoms with Gasteiger partial charge in [0.1, 0.15) is 11.6 Å². The van der Waals surface area contributed by atoms with E-state index in [1.807, 2.05) is 12.1 Å². The zero-order valence-corrected chi connectivity index (χ0v) is 16.0. The summed E-state index contributed by atoms with van der Waals surface area (Å²) in [6.07, 6.45) is 0. The van der Waals surface area contributed by atoms with Crippen LogP contribution in [0.15, 0.2) is 42.5 Å². The summed E-state index contributed by atoms with van der Waals surface area (Å²) in [7, 11) is 0. The van der Waals surface area contributed by atoms with Crippen LogP contribution in [-0.2, 0) is 16.1 Å². The highest BCUT2D eigenvalue weighted by Gasteiger charge is 2.20. The van der Waals surface area contributed by atoms with Gasteiger partial charge in [-0.1, -0.05) is 12.1 Å². The number of nitrogens with one attached hydrogen (secondary N) is 2. The van der Waals surface area contributed by atoms with Gasteiger partial charge < -0.3 is 15.4 Å². The Morgan fingerprint density at radius 3 is 2.55 bits per heavy atom. The number of amides is 2. The highest BCUT2D eigenvalue weighted by molar-refractivity contribution is 5.97. The van der Waals surface area contributed by atoms with Crippen molar-refractivity contribution in [2.24, 2.45) is 0 Å². The monoisotopic (exact) mass is 398 g/mol. The SMILES string of the molecule is O=C(CN1CCN(Cc2ccc(F)cc2)CC1)Nc1ccc2c(c1)OCC(=O)N2. The van der Waals surface area contributed by atoms with Gasteiger partial charge in [0.2, 0.25) is 5.91 Å². The number of carbonyl (C=O) groups is 2. The average molecular weight is 398 g/mol. The molecule has 152 valence electrons. The molecular formula is C21H23FN4O3. The fraction of sp³-hybridized carbons (Fsp3) is 0.333. The van der Waals surface area contributed by atoms with Crippen LogP contribution in [0.5, 0.6) is 5.75 Å². The van der Waals surface area contributed by atoms with Crippen molar-refractivity contribution in [2.45, 2.75) is 6.54 Å². The molecule has 29 heavy (non-hydrogen) atoms. The highest BCUT2D eigenvalue weighted by atomic mass is 19.1. The normalized spacial score (nSPS) is 17.2. The number of halogens is 1. The third-order valence-electron chi connectivity index (χ3n) is 5.05. The number of hydrogen-bond acceptors (Lipinski definition) is 5. The van der Waals surface area contributed by atoms with Crippen LogP contribution in [0.3, 0.4) is 0 Å². The Hall–Kier alpha value is -2.97. The molecule has 0 atom stereocenters. The molecular weight excluding hydrogens is 375 g/mol. The molecule has 1 saturated heterocycles. The third-order valence-corrected chi connectivity index (χ3v) is 5.05. The Bertz CT molecular complexity index is 895. The van der Waals surface area contributed by atoms with E-state index in [1.54, 1.807) is 18.2 Å². The molecule has 2 aliphatic rings. The van der Waals surface area contributed by atoms with Crippen LogP contribution < -0.4 is 15.4 Å². The molecule has 2 aliphatic heterocycles. The van der Waals surface area contributed by atoms with Crippen molar-refractivity contribution < 1.29 is 18.7 Å². The summed E-state index contributed by atoms with van der Waals surface area (Å²) < 4.78 is 18.4. The lowest BCUT2D eigenvalue weighted by molar-refractivity contribution is -0.119. The van der Waals surface area contributed by atoms with Gasteiger partial charge in [0.05, 0.1) is 12.2 Å². The molecule has 0 bridgehead atoms. The molecule has 7 nitrogen and oxygen atoms in total. The predicted octanol–water partition coefficient (Wildman–Crippen LogP) is 1.91. The molecule has 0 radical (unpaired) electrons. The summed E-state index contributed by atoms with van der Waals surface area (Å²) in [4.78, 5) is 28.1. The van der Waals surface area contributed by atoms with Gasteiger partial charge in [-0.2, -0.15) is 0 Å². The van der Waals surface area contributed by atoms with Crippen molar-refractivity contribution in [3.05, 3.63) is 53.8 Å². The summed E-state index contributed by atoms with van der Waals surface area (Å²) in [5, 5.41) is 5.61. The van der Waals surface area contributed by atoms with Gasteiger partial charge in [0, 0.05) is 44.5 Å². The second-order valence-corrected chi connectivity index (χ2v) is 7.27. The second kappa shape index (κ2) is 8.59. The first-order valence-corrected chi connectivity index (χ1v) is 9.61. The average Bonchev–Trinajstić information content (AvgIpc) is 2.71. The van der Waals surface area contributed by atoms with E-state index in [2.05, 4.69) is 20.4 Å². The largest absolute Gasteiger partial charge is 0.482 e. The number of fused-ring (bicyclic) bond motifs is 1. The van der Waals surface area contributed by atoms with E-state index in [-0.39, 0.29) is 24.2 Å². The van der Waals surface area contributed by atoms with Crippen molar-refractivity contribution in [1.29, 1.82) is 0 Å². The maximum Gasteiger partial charge on any atom is 0.262 e. The first kappa shape index (κ1) is 19.4. The Morgan fingerprint density at radius 1 is 1.07 bits per heavy atom. The van der Waals surface area contributed by atoms with Crippen molar-refractivity contribution in [1.82, 2.24) is 9.80 Å². The summed E-state index contributed by atoms with van der Waals surface area (Å²) in [5.74, 6) is 0.0567. The van der Waals surface area contributed by atoms with Crippen LogP contribution in [-0.4, -0.2) is 60.9 Å². The number of anilines is 2. The second-order valence-electron chi connectivity index (χ2n) is 7.27. The molecule has 4 rings (SSSR count). The minimum absolute atomic E-state index is 0.0212. The molecule has 0 saturated carbocycles. The molecule has 0 unspecified atom stereocenters. The van der Waals surface area contributed by atoms with E-state index in [4.69, 9.17) is 4.74 Å². The number of rotatable bonds is 5. The van der Waals surface area contributed by atoms with Crippen molar-refractivity contribution >= 4 is 23.2 Å². The number of benzene rings is 2.